The molecule has 0 aliphatic rings. The topological polar surface area (TPSA) is 9.23 Å². The summed E-state index contributed by atoms with van der Waals surface area (Å²) in [7, 11) is 1.75. The Balaban J connectivity index is 2.90. The Labute approximate surface area is 85.0 Å². The average molecular weight is 237 g/mol. The van der Waals surface area contributed by atoms with Gasteiger partial charge in [0.25, 0.3) is 0 Å². The first-order chi connectivity index (χ1) is 5.81. The SMILES string of the molecule is CCCCCCCCC(Br)OC. The molecule has 0 rings (SSSR count). The highest BCUT2D eigenvalue weighted by atomic mass is 79.9. The molecule has 1 nitrogen and oxygen atoms in total. The fourth-order valence-electron chi connectivity index (χ4n) is 1.20. The molecule has 0 aromatic carbocycles. The number of rotatable bonds is 8. The van der Waals surface area contributed by atoms with Gasteiger partial charge in [-0.3, -0.25) is 0 Å². The van der Waals surface area contributed by atoms with Gasteiger partial charge >= 0.3 is 0 Å². The second kappa shape index (κ2) is 9.53. The zero-order valence-corrected chi connectivity index (χ0v) is 9.90. The highest BCUT2D eigenvalue weighted by molar-refractivity contribution is 9.09. The van der Waals surface area contributed by atoms with Gasteiger partial charge in [0.2, 0.25) is 0 Å². The highest BCUT2D eigenvalue weighted by Gasteiger charge is 1.99. The summed E-state index contributed by atoms with van der Waals surface area (Å²) in [6, 6.07) is 0. The van der Waals surface area contributed by atoms with E-state index in [1.807, 2.05) is 0 Å². The molecule has 0 aromatic heterocycles. The van der Waals surface area contributed by atoms with E-state index < -0.39 is 0 Å². The Bertz CT molecular complexity index is 85.9. The van der Waals surface area contributed by atoms with E-state index in [9.17, 15) is 0 Å². The summed E-state index contributed by atoms with van der Waals surface area (Å²) in [4.78, 5) is 0. The quantitative estimate of drug-likeness (QED) is 0.456. The second-order valence-corrected chi connectivity index (χ2v) is 4.22. The van der Waals surface area contributed by atoms with Gasteiger partial charge in [0.15, 0.2) is 0 Å². The molecule has 0 fully saturated rings. The van der Waals surface area contributed by atoms with Gasteiger partial charge in [-0.25, -0.2) is 0 Å². The van der Waals surface area contributed by atoms with Crippen LogP contribution < -0.4 is 0 Å². The van der Waals surface area contributed by atoms with Crippen molar-refractivity contribution >= 4 is 15.9 Å². The standard InChI is InChI=1S/C10H21BrO/c1-3-4-5-6-7-8-9-10(11)12-2/h10H,3-9H2,1-2H3. The van der Waals surface area contributed by atoms with Crippen molar-refractivity contribution in [1.29, 1.82) is 0 Å². The predicted octanol–water partition coefficient (Wildman–Crippen LogP) is 4.10. The van der Waals surface area contributed by atoms with Gasteiger partial charge in [0.1, 0.15) is 5.01 Å². The van der Waals surface area contributed by atoms with E-state index in [4.69, 9.17) is 4.74 Å². The molecule has 1 unspecified atom stereocenters. The van der Waals surface area contributed by atoms with E-state index in [-0.39, 0.29) is 5.01 Å². The molecule has 0 aliphatic carbocycles. The van der Waals surface area contributed by atoms with Crippen molar-refractivity contribution in [1.82, 2.24) is 0 Å². The van der Waals surface area contributed by atoms with Crippen LogP contribution in [0.25, 0.3) is 0 Å². The van der Waals surface area contributed by atoms with Crippen LogP contribution in [-0.4, -0.2) is 12.1 Å². The van der Waals surface area contributed by atoms with Crippen LogP contribution in [0.1, 0.15) is 51.9 Å². The molecule has 0 spiro atoms. The lowest BCUT2D eigenvalue weighted by Gasteiger charge is -2.06. The lowest BCUT2D eigenvalue weighted by Crippen LogP contribution is -1.99. The monoisotopic (exact) mass is 236 g/mol. The first-order valence-corrected chi connectivity index (χ1v) is 5.89. The number of unbranched alkanes of at least 4 members (excludes halogenated alkanes) is 5. The van der Waals surface area contributed by atoms with E-state index in [1.165, 1.54) is 38.5 Å². The fraction of sp³-hybridized carbons (Fsp3) is 1.00. The van der Waals surface area contributed by atoms with Crippen molar-refractivity contribution < 1.29 is 4.74 Å². The molecular formula is C10H21BrO. The van der Waals surface area contributed by atoms with Gasteiger partial charge in [0.05, 0.1) is 0 Å². The molecule has 0 amide bonds. The van der Waals surface area contributed by atoms with E-state index in [0.717, 1.165) is 6.42 Å². The van der Waals surface area contributed by atoms with Gasteiger partial charge < -0.3 is 4.74 Å². The number of methoxy groups -OCH3 is 1. The van der Waals surface area contributed by atoms with Crippen LogP contribution in [-0.2, 0) is 4.74 Å². The summed E-state index contributed by atoms with van der Waals surface area (Å²) >= 11 is 3.44. The smallest absolute Gasteiger partial charge is 0.112 e. The van der Waals surface area contributed by atoms with Crippen LogP contribution in [0, 0.1) is 0 Å². The van der Waals surface area contributed by atoms with Crippen molar-refractivity contribution in [2.24, 2.45) is 0 Å². The first-order valence-electron chi connectivity index (χ1n) is 4.98. The second-order valence-electron chi connectivity index (χ2n) is 3.20. The fourth-order valence-corrected chi connectivity index (χ4v) is 1.53. The molecule has 0 aliphatic heterocycles. The number of ether oxygens (including phenoxy) is 1. The van der Waals surface area contributed by atoms with Crippen LogP contribution in [0.2, 0.25) is 0 Å². The zero-order valence-electron chi connectivity index (χ0n) is 8.31. The van der Waals surface area contributed by atoms with E-state index in [1.54, 1.807) is 7.11 Å². The summed E-state index contributed by atoms with van der Waals surface area (Å²) in [6.45, 7) is 2.25. The van der Waals surface area contributed by atoms with Crippen molar-refractivity contribution in [3.05, 3.63) is 0 Å². The van der Waals surface area contributed by atoms with Crippen molar-refractivity contribution in [3.8, 4) is 0 Å². The molecule has 0 bridgehead atoms. The highest BCUT2D eigenvalue weighted by Crippen LogP contribution is 2.13. The molecule has 0 N–H and O–H groups in total. The first kappa shape index (κ1) is 12.4. The Morgan fingerprint density at radius 1 is 1.08 bits per heavy atom. The van der Waals surface area contributed by atoms with Crippen LogP contribution in [0.5, 0.6) is 0 Å². The van der Waals surface area contributed by atoms with E-state index >= 15 is 0 Å². The predicted molar refractivity (Wildman–Crippen MR) is 57.7 cm³/mol. The van der Waals surface area contributed by atoms with Gasteiger partial charge in [-0.05, 0) is 12.8 Å². The van der Waals surface area contributed by atoms with Crippen LogP contribution in [0.15, 0.2) is 0 Å². The Morgan fingerprint density at radius 2 is 1.67 bits per heavy atom. The zero-order chi connectivity index (χ0) is 9.23. The average Bonchev–Trinajstić information content (AvgIpc) is 2.10. The van der Waals surface area contributed by atoms with Gasteiger partial charge in [-0.1, -0.05) is 55.0 Å². The lowest BCUT2D eigenvalue weighted by molar-refractivity contribution is 0.168. The molecule has 1 atom stereocenters. The van der Waals surface area contributed by atoms with Crippen molar-refractivity contribution in [2.75, 3.05) is 7.11 Å². The third-order valence-electron chi connectivity index (χ3n) is 2.04. The van der Waals surface area contributed by atoms with Gasteiger partial charge in [0, 0.05) is 7.11 Å². The summed E-state index contributed by atoms with van der Waals surface area (Å²) in [5.41, 5.74) is 0. The number of hydrogen-bond acceptors (Lipinski definition) is 1. The molecule has 12 heavy (non-hydrogen) atoms. The molecular weight excluding hydrogens is 216 g/mol. The number of alkyl halides is 1. The normalized spacial score (nSPS) is 13.2. The summed E-state index contributed by atoms with van der Waals surface area (Å²) in [5.74, 6) is 0. The van der Waals surface area contributed by atoms with Gasteiger partial charge in [-0.2, -0.15) is 0 Å². The number of halogens is 1. The molecule has 0 heterocycles. The molecule has 0 saturated heterocycles. The Kier molecular flexibility index (Phi) is 9.88. The lowest BCUT2D eigenvalue weighted by atomic mass is 10.1. The molecule has 0 aromatic rings. The van der Waals surface area contributed by atoms with Crippen LogP contribution in [0.3, 0.4) is 0 Å². The molecule has 74 valence electrons. The third-order valence-corrected chi connectivity index (χ3v) is 2.87. The van der Waals surface area contributed by atoms with Crippen LogP contribution in [0.4, 0.5) is 0 Å². The largest absolute Gasteiger partial charge is 0.370 e. The maximum absolute atomic E-state index is 5.09. The van der Waals surface area contributed by atoms with E-state index in [2.05, 4.69) is 22.9 Å². The van der Waals surface area contributed by atoms with Crippen molar-refractivity contribution in [2.45, 2.75) is 56.9 Å². The van der Waals surface area contributed by atoms with Crippen LogP contribution >= 0.6 is 15.9 Å². The minimum absolute atomic E-state index is 0.267. The third kappa shape index (κ3) is 8.54. The molecule has 0 saturated carbocycles. The molecule has 0 radical (unpaired) electrons. The van der Waals surface area contributed by atoms with Crippen molar-refractivity contribution in [3.63, 3.8) is 0 Å². The summed E-state index contributed by atoms with van der Waals surface area (Å²) in [6.07, 6.45) is 9.29. The Morgan fingerprint density at radius 3 is 2.25 bits per heavy atom. The summed E-state index contributed by atoms with van der Waals surface area (Å²) < 4.78 is 5.09. The maximum atomic E-state index is 5.09. The van der Waals surface area contributed by atoms with E-state index in [0.29, 0.717) is 0 Å². The minimum atomic E-state index is 0.267. The molecule has 2 heteroatoms. The summed E-state index contributed by atoms with van der Waals surface area (Å²) in [5, 5.41) is 0.267. The number of hydrogen-bond donors (Lipinski definition) is 0. The van der Waals surface area contributed by atoms with Gasteiger partial charge in [-0.15, -0.1) is 0 Å². The Hall–Kier alpha value is 0.440. The maximum Gasteiger partial charge on any atom is 0.112 e. The minimum Gasteiger partial charge on any atom is -0.370 e.